The first-order valence-electron chi connectivity index (χ1n) is 9.15. The van der Waals surface area contributed by atoms with E-state index < -0.39 is 26.0 Å². The van der Waals surface area contributed by atoms with Gasteiger partial charge >= 0.3 is 0 Å². The number of nitrogens with zero attached hydrogens (tertiary/aromatic N) is 1. The molecule has 0 spiro atoms. The van der Waals surface area contributed by atoms with E-state index in [0.29, 0.717) is 5.02 Å². The van der Waals surface area contributed by atoms with Gasteiger partial charge in [0.25, 0.3) is 0 Å². The molecule has 2 aromatic rings. The summed E-state index contributed by atoms with van der Waals surface area (Å²) in [6.45, 7) is 3.17. The Balaban J connectivity index is 1.88. The maximum atomic E-state index is 12.7. The van der Waals surface area contributed by atoms with Gasteiger partial charge in [0.15, 0.2) is 0 Å². The summed E-state index contributed by atoms with van der Waals surface area (Å²) in [6, 6.07) is 12.0. The molecule has 0 aliphatic rings. The Morgan fingerprint density at radius 2 is 1.50 bits per heavy atom. The Hall–Kier alpha value is -1.98. The third-order valence-corrected chi connectivity index (χ3v) is 7.86. The van der Waals surface area contributed by atoms with Crippen molar-refractivity contribution < 1.29 is 21.6 Å². The van der Waals surface area contributed by atoms with Crippen molar-refractivity contribution in [3.8, 4) is 0 Å². The van der Waals surface area contributed by atoms with E-state index in [9.17, 15) is 21.6 Å². The van der Waals surface area contributed by atoms with Gasteiger partial charge in [0.2, 0.25) is 26.0 Å². The van der Waals surface area contributed by atoms with Crippen LogP contribution in [0.2, 0.25) is 5.02 Å². The van der Waals surface area contributed by atoms with Crippen molar-refractivity contribution in [1.29, 1.82) is 0 Å². The fourth-order valence-electron chi connectivity index (χ4n) is 2.53. The average Bonchev–Trinajstić information content (AvgIpc) is 2.70. The number of aryl methyl sites for hydroxylation is 1. The molecular formula is C19H24ClN3O5S2. The number of amides is 1. The van der Waals surface area contributed by atoms with Crippen LogP contribution in [0.1, 0.15) is 12.5 Å². The zero-order chi connectivity index (χ0) is 22.4. The third-order valence-electron chi connectivity index (χ3n) is 4.19. The third kappa shape index (κ3) is 6.51. The highest BCUT2D eigenvalue weighted by Gasteiger charge is 2.25. The number of carbonyl (C=O) groups is 1. The van der Waals surface area contributed by atoms with Crippen molar-refractivity contribution in [2.75, 3.05) is 26.2 Å². The van der Waals surface area contributed by atoms with Crippen molar-refractivity contribution in [3.05, 3.63) is 59.1 Å². The monoisotopic (exact) mass is 473 g/mol. The van der Waals surface area contributed by atoms with Crippen LogP contribution in [0.3, 0.4) is 0 Å². The van der Waals surface area contributed by atoms with Crippen LogP contribution in [0.4, 0.5) is 0 Å². The molecule has 0 radical (unpaired) electrons. The molecule has 0 atom stereocenters. The van der Waals surface area contributed by atoms with E-state index in [0.717, 1.165) is 9.87 Å². The Morgan fingerprint density at radius 1 is 0.933 bits per heavy atom. The average molecular weight is 474 g/mol. The highest BCUT2D eigenvalue weighted by molar-refractivity contribution is 7.89. The molecule has 0 aromatic heterocycles. The van der Waals surface area contributed by atoms with Crippen molar-refractivity contribution in [1.82, 2.24) is 14.3 Å². The first kappa shape index (κ1) is 24.3. The molecule has 11 heteroatoms. The molecule has 0 fully saturated rings. The number of hydrogen-bond acceptors (Lipinski definition) is 5. The Morgan fingerprint density at radius 3 is 2.07 bits per heavy atom. The molecule has 2 aromatic carbocycles. The first-order valence-corrected chi connectivity index (χ1v) is 12.4. The number of hydrogen-bond donors (Lipinski definition) is 2. The van der Waals surface area contributed by atoms with E-state index in [2.05, 4.69) is 10.0 Å². The smallest absolute Gasteiger partial charge is 0.243 e. The summed E-state index contributed by atoms with van der Waals surface area (Å²) >= 11 is 5.79. The van der Waals surface area contributed by atoms with E-state index in [1.807, 2.05) is 6.92 Å². The molecule has 8 nitrogen and oxygen atoms in total. The molecular weight excluding hydrogens is 450 g/mol. The molecule has 2 N–H and O–H groups in total. The molecule has 2 rings (SSSR count). The highest BCUT2D eigenvalue weighted by Crippen LogP contribution is 2.18. The Labute approximate surface area is 182 Å². The van der Waals surface area contributed by atoms with Crippen LogP contribution < -0.4 is 10.0 Å². The summed E-state index contributed by atoms with van der Waals surface area (Å²) in [5, 5.41) is 2.93. The van der Waals surface area contributed by atoms with Crippen LogP contribution in [0.25, 0.3) is 0 Å². The van der Waals surface area contributed by atoms with Crippen LogP contribution in [0.15, 0.2) is 58.3 Å². The predicted molar refractivity (Wildman–Crippen MR) is 115 cm³/mol. The van der Waals surface area contributed by atoms with Gasteiger partial charge in [0, 0.05) is 24.7 Å². The van der Waals surface area contributed by atoms with Gasteiger partial charge in [0.05, 0.1) is 16.3 Å². The van der Waals surface area contributed by atoms with E-state index >= 15 is 0 Å². The molecule has 0 aliphatic carbocycles. The minimum absolute atomic E-state index is 0.0163. The van der Waals surface area contributed by atoms with Gasteiger partial charge in [-0.2, -0.15) is 4.31 Å². The Bertz CT molecular complexity index is 1070. The first-order chi connectivity index (χ1) is 14.1. The number of benzene rings is 2. The van der Waals surface area contributed by atoms with Gasteiger partial charge in [-0.15, -0.1) is 0 Å². The molecule has 0 heterocycles. The van der Waals surface area contributed by atoms with Crippen molar-refractivity contribution >= 4 is 37.6 Å². The lowest BCUT2D eigenvalue weighted by molar-refractivity contribution is -0.121. The summed E-state index contributed by atoms with van der Waals surface area (Å²) in [7, 11) is -7.54. The van der Waals surface area contributed by atoms with Crippen molar-refractivity contribution in [2.45, 2.75) is 23.6 Å². The van der Waals surface area contributed by atoms with Gasteiger partial charge in [-0.25, -0.2) is 21.6 Å². The molecule has 0 bridgehead atoms. The molecule has 0 aliphatic heterocycles. The quantitative estimate of drug-likeness (QED) is 0.510. The maximum absolute atomic E-state index is 12.7. The fraction of sp³-hybridized carbons (Fsp3) is 0.316. The second-order valence-electron chi connectivity index (χ2n) is 6.45. The van der Waals surface area contributed by atoms with E-state index in [1.165, 1.54) is 36.4 Å². The summed E-state index contributed by atoms with van der Waals surface area (Å²) in [6.07, 6.45) is 0. The van der Waals surface area contributed by atoms with Crippen molar-refractivity contribution in [2.24, 2.45) is 0 Å². The molecule has 30 heavy (non-hydrogen) atoms. The summed E-state index contributed by atoms with van der Waals surface area (Å²) in [4.78, 5) is 12.3. The van der Waals surface area contributed by atoms with Crippen molar-refractivity contribution in [3.63, 3.8) is 0 Å². The standard InChI is InChI=1S/C19H24ClN3O5S2/c1-3-23(30(27,28)18-10-6-16(20)7-11-18)14-19(24)21-12-13-22-29(25,26)17-8-4-15(2)5-9-17/h4-11,22H,3,12-14H2,1-2H3,(H,21,24). The molecule has 0 unspecified atom stereocenters. The number of likely N-dealkylation sites (N-methyl/N-ethyl adjacent to an activating group) is 1. The molecule has 0 saturated carbocycles. The van der Waals surface area contributed by atoms with Gasteiger partial charge in [0.1, 0.15) is 0 Å². The number of sulfonamides is 2. The van der Waals surface area contributed by atoms with Gasteiger partial charge in [-0.3, -0.25) is 4.79 Å². The second kappa shape index (κ2) is 10.4. The zero-order valence-corrected chi connectivity index (χ0v) is 19.0. The van der Waals surface area contributed by atoms with Crippen LogP contribution in [0, 0.1) is 6.92 Å². The lowest BCUT2D eigenvalue weighted by Gasteiger charge is -2.20. The van der Waals surface area contributed by atoms with E-state index in [4.69, 9.17) is 11.6 Å². The largest absolute Gasteiger partial charge is 0.354 e. The van der Waals surface area contributed by atoms with Crippen LogP contribution in [-0.4, -0.2) is 53.2 Å². The minimum Gasteiger partial charge on any atom is -0.354 e. The van der Waals surface area contributed by atoms with Crippen LogP contribution in [-0.2, 0) is 24.8 Å². The van der Waals surface area contributed by atoms with Gasteiger partial charge in [-0.1, -0.05) is 36.2 Å². The maximum Gasteiger partial charge on any atom is 0.243 e. The molecule has 164 valence electrons. The predicted octanol–water partition coefficient (Wildman–Crippen LogP) is 1.75. The number of nitrogens with one attached hydrogen (secondary N) is 2. The van der Waals surface area contributed by atoms with E-state index in [1.54, 1.807) is 19.1 Å². The SMILES string of the molecule is CCN(CC(=O)NCCNS(=O)(=O)c1ccc(C)cc1)S(=O)(=O)c1ccc(Cl)cc1. The summed E-state index contributed by atoms with van der Waals surface area (Å²) in [5.74, 6) is -0.538. The van der Waals surface area contributed by atoms with Gasteiger partial charge < -0.3 is 5.32 Å². The minimum atomic E-state index is -3.85. The van der Waals surface area contributed by atoms with E-state index in [-0.39, 0.29) is 36.0 Å². The lowest BCUT2D eigenvalue weighted by atomic mass is 10.2. The van der Waals surface area contributed by atoms with Gasteiger partial charge in [-0.05, 0) is 43.3 Å². The normalized spacial score (nSPS) is 12.1. The lowest BCUT2D eigenvalue weighted by Crippen LogP contribution is -2.42. The Kier molecular flexibility index (Phi) is 8.39. The molecule has 0 saturated heterocycles. The second-order valence-corrected chi connectivity index (χ2v) is 10.6. The summed E-state index contributed by atoms with van der Waals surface area (Å²) in [5.41, 5.74) is 0.940. The topological polar surface area (TPSA) is 113 Å². The zero-order valence-electron chi connectivity index (χ0n) is 16.6. The van der Waals surface area contributed by atoms with Crippen LogP contribution in [0.5, 0.6) is 0 Å². The fourth-order valence-corrected chi connectivity index (χ4v) is 5.09. The number of halogens is 1. The van der Waals surface area contributed by atoms with Crippen LogP contribution >= 0.6 is 11.6 Å². The number of carbonyl (C=O) groups excluding carboxylic acids is 1. The highest BCUT2D eigenvalue weighted by atomic mass is 35.5. The molecule has 1 amide bonds. The number of rotatable bonds is 10. The summed E-state index contributed by atoms with van der Waals surface area (Å²) < 4.78 is 53.2.